The van der Waals surface area contributed by atoms with Crippen molar-refractivity contribution in [3.63, 3.8) is 0 Å². The van der Waals surface area contributed by atoms with Gasteiger partial charge in [-0.1, -0.05) is 25.5 Å². The fourth-order valence-electron chi connectivity index (χ4n) is 3.04. The molecule has 0 saturated carbocycles. The molecule has 1 heterocycles. The molecule has 0 spiro atoms. The van der Waals surface area contributed by atoms with Crippen LogP contribution in [0.15, 0.2) is 24.3 Å². The van der Waals surface area contributed by atoms with E-state index in [1.54, 1.807) is 12.1 Å². The van der Waals surface area contributed by atoms with Gasteiger partial charge < -0.3 is 10.8 Å². The van der Waals surface area contributed by atoms with E-state index in [1.165, 1.54) is 24.8 Å². The van der Waals surface area contributed by atoms with Gasteiger partial charge in [0.1, 0.15) is 5.75 Å². The SMILES string of the molecule is CCC(c1ccc(O)cc1)N1CCCCC1CN. The van der Waals surface area contributed by atoms with Crippen LogP contribution < -0.4 is 5.73 Å². The molecule has 1 saturated heterocycles. The van der Waals surface area contributed by atoms with Crippen LogP contribution in [0.25, 0.3) is 0 Å². The fourth-order valence-corrected chi connectivity index (χ4v) is 3.04. The Kier molecular flexibility index (Phi) is 4.61. The molecule has 18 heavy (non-hydrogen) atoms. The standard InChI is InChI=1S/C15H24N2O/c1-2-15(12-6-8-14(18)9-7-12)17-10-4-3-5-13(17)11-16/h6-9,13,15,18H,2-5,10-11,16H2,1H3. The molecule has 100 valence electrons. The number of likely N-dealkylation sites (tertiary alicyclic amines) is 1. The summed E-state index contributed by atoms with van der Waals surface area (Å²) in [5, 5.41) is 9.39. The van der Waals surface area contributed by atoms with Gasteiger partial charge in [0.25, 0.3) is 0 Å². The Labute approximate surface area is 110 Å². The maximum absolute atomic E-state index is 9.39. The zero-order valence-corrected chi connectivity index (χ0v) is 11.2. The van der Waals surface area contributed by atoms with Gasteiger partial charge in [0.05, 0.1) is 0 Å². The largest absolute Gasteiger partial charge is 0.508 e. The van der Waals surface area contributed by atoms with Crippen LogP contribution in [0.3, 0.4) is 0 Å². The number of hydrogen-bond acceptors (Lipinski definition) is 3. The number of rotatable bonds is 4. The lowest BCUT2D eigenvalue weighted by molar-refractivity contribution is 0.0959. The smallest absolute Gasteiger partial charge is 0.115 e. The molecule has 0 aromatic heterocycles. The van der Waals surface area contributed by atoms with E-state index < -0.39 is 0 Å². The van der Waals surface area contributed by atoms with Crippen molar-refractivity contribution in [2.24, 2.45) is 5.73 Å². The molecule has 1 fully saturated rings. The summed E-state index contributed by atoms with van der Waals surface area (Å²) in [5.74, 6) is 0.336. The van der Waals surface area contributed by atoms with E-state index in [1.807, 2.05) is 12.1 Å². The van der Waals surface area contributed by atoms with Crippen molar-refractivity contribution in [3.8, 4) is 5.75 Å². The van der Waals surface area contributed by atoms with Gasteiger partial charge in [-0.05, 0) is 43.5 Å². The molecule has 0 bridgehead atoms. The van der Waals surface area contributed by atoms with E-state index in [0.717, 1.165) is 19.5 Å². The van der Waals surface area contributed by atoms with Crippen LogP contribution in [-0.2, 0) is 0 Å². The Bertz CT molecular complexity index is 363. The number of aromatic hydroxyl groups is 1. The lowest BCUT2D eigenvalue weighted by Gasteiger charge is -2.40. The number of nitrogens with two attached hydrogens (primary N) is 1. The van der Waals surface area contributed by atoms with E-state index in [9.17, 15) is 5.11 Å². The maximum atomic E-state index is 9.39. The van der Waals surface area contributed by atoms with Gasteiger partial charge in [0.15, 0.2) is 0 Å². The van der Waals surface area contributed by atoms with Crippen LogP contribution in [0.4, 0.5) is 0 Å². The third kappa shape index (κ3) is 2.85. The molecule has 1 aromatic carbocycles. The van der Waals surface area contributed by atoms with Crippen LogP contribution in [0.2, 0.25) is 0 Å². The maximum Gasteiger partial charge on any atom is 0.115 e. The summed E-state index contributed by atoms with van der Waals surface area (Å²) in [6, 6.07) is 8.56. The number of phenolic OH excluding ortho intramolecular Hbond substituents is 1. The summed E-state index contributed by atoms with van der Waals surface area (Å²) >= 11 is 0. The Balaban J connectivity index is 2.18. The first kappa shape index (κ1) is 13.4. The highest BCUT2D eigenvalue weighted by atomic mass is 16.3. The van der Waals surface area contributed by atoms with E-state index >= 15 is 0 Å². The second kappa shape index (κ2) is 6.21. The number of piperidine rings is 1. The average Bonchev–Trinajstić information content (AvgIpc) is 2.42. The fraction of sp³-hybridized carbons (Fsp3) is 0.600. The summed E-state index contributed by atoms with van der Waals surface area (Å²) < 4.78 is 0. The highest BCUT2D eigenvalue weighted by Gasteiger charge is 2.27. The van der Waals surface area contributed by atoms with Gasteiger partial charge in [-0.3, -0.25) is 4.90 Å². The minimum absolute atomic E-state index is 0.336. The minimum Gasteiger partial charge on any atom is -0.508 e. The zero-order valence-electron chi connectivity index (χ0n) is 11.2. The van der Waals surface area contributed by atoms with Crippen molar-refractivity contribution in [3.05, 3.63) is 29.8 Å². The molecule has 1 aliphatic rings. The zero-order chi connectivity index (χ0) is 13.0. The third-order valence-electron chi connectivity index (χ3n) is 4.01. The van der Waals surface area contributed by atoms with Crippen LogP contribution in [0.5, 0.6) is 5.75 Å². The van der Waals surface area contributed by atoms with Crippen LogP contribution in [0, 0.1) is 0 Å². The van der Waals surface area contributed by atoms with Crippen molar-refractivity contribution >= 4 is 0 Å². The lowest BCUT2D eigenvalue weighted by atomic mass is 9.95. The predicted molar refractivity (Wildman–Crippen MR) is 74.5 cm³/mol. The van der Waals surface area contributed by atoms with E-state index in [-0.39, 0.29) is 0 Å². The molecule has 2 atom stereocenters. The molecule has 2 rings (SSSR count). The Hall–Kier alpha value is -1.06. The average molecular weight is 248 g/mol. The summed E-state index contributed by atoms with van der Waals surface area (Å²) in [6.45, 7) is 4.11. The van der Waals surface area contributed by atoms with Gasteiger partial charge in [-0.2, -0.15) is 0 Å². The second-order valence-corrected chi connectivity index (χ2v) is 5.14. The molecule has 3 heteroatoms. The Morgan fingerprint density at radius 2 is 2.06 bits per heavy atom. The molecule has 1 aliphatic heterocycles. The number of phenols is 1. The van der Waals surface area contributed by atoms with Crippen molar-refractivity contribution in [2.45, 2.75) is 44.7 Å². The molecule has 0 radical (unpaired) electrons. The van der Waals surface area contributed by atoms with Crippen molar-refractivity contribution in [2.75, 3.05) is 13.1 Å². The summed E-state index contributed by atoms with van der Waals surface area (Å²) in [6.07, 6.45) is 4.86. The minimum atomic E-state index is 0.336. The molecular formula is C15H24N2O. The number of benzene rings is 1. The lowest BCUT2D eigenvalue weighted by Crippen LogP contribution is -2.45. The monoisotopic (exact) mass is 248 g/mol. The highest BCUT2D eigenvalue weighted by Crippen LogP contribution is 2.31. The van der Waals surface area contributed by atoms with Crippen molar-refractivity contribution in [1.82, 2.24) is 4.90 Å². The predicted octanol–water partition coefficient (Wildman–Crippen LogP) is 2.66. The van der Waals surface area contributed by atoms with Crippen LogP contribution in [-0.4, -0.2) is 29.1 Å². The van der Waals surface area contributed by atoms with Gasteiger partial charge in [0.2, 0.25) is 0 Å². The Morgan fingerprint density at radius 1 is 1.33 bits per heavy atom. The molecule has 3 nitrogen and oxygen atoms in total. The summed E-state index contributed by atoms with van der Waals surface area (Å²) in [4.78, 5) is 2.55. The first-order chi connectivity index (χ1) is 8.76. The molecule has 3 N–H and O–H groups in total. The van der Waals surface area contributed by atoms with Crippen molar-refractivity contribution in [1.29, 1.82) is 0 Å². The highest BCUT2D eigenvalue weighted by molar-refractivity contribution is 5.28. The van der Waals surface area contributed by atoms with Gasteiger partial charge in [0, 0.05) is 18.6 Å². The Morgan fingerprint density at radius 3 is 2.67 bits per heavy atom. The van der Waals surface area contributed by atoms with E-state index in [4.69, 9.17) is 5.73 Å². The van der Waals surface area contributed by atoms with Gasteiger partial charge in [-0.25, -0.2) is 0 Å². The van der Waals surface area contributed by atoms with Crippen molar-refractivity contribution < 1.29 is 5.11 Å². The third-order valence-corrected chi connectivity index (χ3v) is 4.01. The molecule has 1 aromatic rings. The summed E-state index contributed by atoms with van der Waals surface area (Å²) in [5.41, 5.74) is 7.19. The van der Waals surface area contributed by atoms with Gasteiger partial charge in [-0.15, -0.1) is 0 Å². The van der Waals surface area contributed by atoms with Crippen LogP contribution >= 0.6 is 0 Å². The van der Waals surface area contributed by atoms with E-state index in [2.05, 4.69) is 11.8 Å². The number of hydrogen-bond donors (Lipinski definition) is 2. The number of nitrogens with zero attached hydrogens (tertiary/aromatic N) is 1. The molecule has 2 unspecified atom stereocenters. The first-order valence-corrected chi connectivity index (χ1v) is 7.01. The normalized spacial score (nSPS) is 22.9. The topological polar surface area (TPSA) is 49.5 Å². The molecule has 0 aliphatic carbocycles. The quantitative estimate of drug-likeness (QED) is 0.861. The van der Waals surface area contributed by atoms with Crippen LogP contribution in [0.1, 0.15) is 44.2 Å². The molecular weight excluding hydrogens is 224 g/mol. The molecule has 0 amide bonds. The second-order valence-electron chi connectivity index (χ2n) is 5.14. The summed E-state index contributed by atoms with van der Waals surface area (Å²) in [7, 11) is 0. The van der Waals surface area contributed by atoms with Gasteiger partial charge >= 0.3 is 0 Å². The first-order valence-electron chi connectivity index (χ1n) is 7.01. The van der Waals surface area contributed by atoms with E-state index in [0.29, 0.717) is 17.8 Å².